The van der Waals surface area contributed by atoms with Crippen molar-refractivity contribution in [2.75, 3.05) is 0 Å². The SMILES string of the molecule is Oc1c(/C=c2\ccc3c(c2)N=CN=3)sc(=NCc2ccccc2)n1CCc1ccccc1. The summed E-state index contributed by atoms with van der Waals surface area (Å²) in [4.78, 5) is 14.9. The lowest BCUT2D eigenvalue weighted by atomic mass is 10.1. The van der Waals surface area contributed by atoms with Crippen molar-refractivity contribution in [2.45, 2.75) is 19.5 Å². The van der Waals surface area contributed by atoms with Gasteiger partial charge in [0.15, 0.2) is 4.80 Å². The molecule has 32 heavy (non-hydrogen) atoms. The lowest BCUT2D eigenvalue weighted by Gasteiger charge is -2.06. The molecule has 1 N–H and O–H groups in total. The van der Waals surface area contributed by atoms with Crippen LogP contribution in [0, 0.1) is 0 Å². The molecule has 6 heteroatoms. The number of hydrogen-bond acceptors (Lipinski definition) is 5. The normalized spacial score (nSPS) is 13.4. The van der Waals surface area contributed by atoms with E-state index in [1.165, 1.54) is 16.9 Å². The Morgan fingerprint density at radius 2 is 1.69 bits per heavy atom. The van der Waals surface area contributed by atoms with Gasteiger partial charge in [-0.1, -0.05) is 78.1 Å². The molecular weight excluding hydrogens is 416 g/mol. The first-order valence-corrected chi connectivity index (χ1v) is 11.3. The Labute approximate surface area is 189 Å². The van der Waals surface area contributed by atoms with Gasteiger partial charge in [0.1, 0.15) is 6.34 Å². The van der Waals surface area contributed by atoms with Gasteiger partial charge in [-0.3, -0.25) is 9.56 Å². The first-order valence-electron chi connectivity index (χ1n) is 10.5. The highest BCUT2D eigenvalue weighted by atomic mass is 32.1. The predicted octanol–water partition coefficient (Wildman–Crippen LogP) is 3.72. The predicted molar refractivity (Wildman–Crippen MR) is 129 cm³/mol. The van der Waals surface area contributed by atoms with E-state index in [1.54, 1.807) is 6.34 Å². The topological polar surface area (TPSA) is 62.2 Å². The fourth-order valence-corrected chi connectivity index (χ4v) is 4.62. The Balaban J connectivity index is 1.52. The smallest absolute Gasteiger partial charge is 0.211 e. The van der Waals surface area contributed by atoms with E-state index in [1.807, 2.05) is 65.2 Å². The molecule has 0 amide bonds. The highest BCUT2D eigenvalue weighted by Gasteiger charge is 2.11. The number of aromatic nitrogens is 1. The van der Waals surface area contributed by atoms with Crippen molar-refractivity contribution in [3.05, 3.63) is 110 Å². The van der Waals surface area contributed by atoms with Crippen molar-refractivity contribution in [1.29, 1.82) is 0 Å². The summed E-state index contributed by atoms with van der Waals surface area (Å²) in [5.41, 5.74) is 3.21. The van der Waals surface area contributed by atoms with Crippen molar-refractivity contribution in [2.24, 2.45) is 15.0 Å². The molecule has 5 rings (SSSR count). The number of fused-ring (bicyclic) bond motifs is 1. The number of rotatable bonds is 6. The quantitative estimate of drug-likeness (QED) is 0.490. The highest BCUT2D eigenvalue weighted by molar-refractivity contribution is 7.10. The minimum atomic E-state index is 0.242. The second-order valence-electron chi connectivity index (χ2n) is 7.53. The maximum atomic E-state index is 11.1. The van der Waals surface area contributed by atoms with E-state index in [9.17, 15) is 5.11 Å². The van der Waals surface area contributed by atoms with Gasteiger partial charge < -0.3 is 5.11 Å². The maximum absolute atomic E-state index is 11.1. The van der Waals surface area contributed by atoms with E-state index in [0.717, 1.165) is 37.9 Å². The first-order chi connectivity index (χ1) is 15.8. The maximum Gasteiger partial charge on any atom is 0.211 e. The van der Waals surface area contributed by atoms with Gasteiger partial charge in [0.2, 0.25) is 5.88 Å². The number of aryl methyl sites for hydroxylation is 1. The molecule has 0 aliphatic carbocycles. The van der Waals surface area contributed by atoms with E-state index in [2.05, 4.69) is 34.3 Å². The summed E-state index contributed by atoms with van der Waals surface area (Å²) >= 11 is 1.50. The highest BCUT2D eigenvalue weighted by Crippen LogP contribution is 2.22. The zero-order valence-electron chi connectivity index (χ0n) is 17.4. The van der Waals surface area contributed by atoms with Gasteiger partial charge in [-0.05, 0) is 41.0 Å². The van der Waals surface area contributed by atoms with Crippen LogP contribution in [0.25, 0.3) is 6.08 Å². The third-order valence-electron chi connectivity index (χ3n) is 5.31. The molecule has 0 atom stereocenters. The summed E-state index contributed by atoms with van der Waals surface area (Å²) in [6.45, 7) is 1.22. The molecule has 158 valence electrons. The molecule has 0 spiro atoms. The molecule has 0 fully saturated rings. The van der Waals surface area contributed by atoms with Crippen LogP contribution < -0.4 is 15.4 Å². The van der Waals surface area contributed by atoms with Crippen LogP contribution in [0.4, 0.5) is 5.69 Å². The Bertz CT molecular complexity index is 1450. The summed E-state index contributed by atoms with van der Waals surface area (Å²) in [6.07, 6.45) is 4.36. The zero-order chi connectivity index (χ0) is 21.8. The molecule has 1 aliphatic rings. The van der Waals surface area contributed by atoms with Crippen molar-refractivity contribution in [3.63, 3.8) is 0 Å². The van der Waals surface area contributed by atoms with Crippen molar-refractivity contribution in [1.82, 2.24) is 4.57 Å². The van der Waals surface area contributed by atoms with Gasteiger partial charge in [-0.2, -0.15) is 0 Å². The summed E-state index contributed by atoms with van der Waals surface area (Å²) in [7, 11) is 0. The molecule has 0 bridgehead atoms. The molecule has 1 aromatic heterocycles. The Morgan fingerprint density at radius 1 is 0.938 bits per heavy atom. The van der Waals surface area contributed by atoms with Crippen LogP contribution in [0.3, 0.4) is 0 Å². The van der Waals surface area contributed by atoms with Crippen LogP contribution in [0.15, 0.2) is 93.8 Å². The number of hydrogen-bond donors (Lipinski definition) is 1. The van der Waals surface area contributed by atoms with Crippen LogP contribution in [0.1, 0.15) is 16.0 Å². The molecule has 0 unspecified atom stereocenters. The van der Waals surface area contributed by atoms with E-state index in [-0.39, 0.29) is 5.88 Å². The fraction of sp³-hybridized carbons (Fsp3) is 0.115. The molecule has 0 radical (unpaired) electrons. The molecule has 5 nitrogen and oxygen atoms in total. The van der Waals surface area contributed by atoms with E-state index in [0.29, 0.717) is 13.1 Å². The van der Waals surface area contributed by atoms with Crippen LogP contribution in [-0.4, -0.2) is 16.0 Å². The largest absolute Gasteiger partial charge is 0.493 e. The van der Waals surface area contributed by atoms with Crippen LogP contribution in [-0.2, 0) is 19.5 Å². The monoisotopic (exact) mass is 438 g/mol. The third kappa shape index (κ3) is 4.45. The first kappa shape index (κ1) is 20.2. The van der Waals surface area contributed by atoms with Gasteiger partial charge in [0.05, 0.1) is 22.5 Å². The van der Waals surface area contributed by atoms with Crippen LogP contribution in [0.2, 0.25) is 0 Å². The average Bonchev–Trinajstić information content (AvgIpc) is 3.42. The third-order valence-corrected chi connectivity index (χ3v) is 6.36. The summed E-state index contributed by atoms with van der Waals surface area (Å²) < 4.78 is 1.91. The zero-order valence-corrected chi connectivity index (χ0v) is 18.2. The average molecular weight is 439 g/mol. The number of nitrogens with zero attached hydrogens (tertiary/aromatic N) is 4. The summed E-state index contributed by atoms with van der Waals surface area (Å²) in [5.74, 6) is 0.242. The Morgan fingerprint density at radius 3 is 2.47 bits per heavy atom. The van der Waals surface area contributed by atoms with E-state index in [4.69, 9.17) is 4.99 Å². The molecule has 1 aliphatic heterocycles. The molecular formula is C26H22N4OS. The van der Waals surface area contributed by atoms with E-state index >= 15 is 0 Å². The molecule has 2 heterocycles. The number of thiazole rings is 1. The van der Waals surface area contributed by atoms with Crippen molar-refractivity contribution in [3.8, 4) is 5.88 Å². The standard InChI is InChI=1S/C26H22N4OS/c31-25-24(16-21-11-12-22-23(15-21)29-18-28-22)32-26(27-17-20-9-5-2-6-10-20)30(25)14-13-19-7-3-1-4-8-19/h1-12,15-16,18,31H,13-14,17H2/b21-16+,27-26?. The van der Waals surface area contributed by atoms with Gasteiger partial charge in [0, 0.05) is 6.54 Å². The summed E-state index contributed by atoms with van der Waals surface area (Å²) in [6, 6.07) is 26.4. The van der Waals surface area contributed by atoms with Gasteiger partial charge >= 0.3 is 0 Å². The molecule has 4 aromatic rings. The van der Waals surface area contributed by atoms with Crippen molar-refractivity contribution >= 4 is 29.4 Å². The van der Waals surface area contributed by atoms with Crippen molar-refractivity contribution < 1.29 is 5.11 Å². The lowest BCUT2D eigenvalue weighted by Crippen LogP contribution is -2.16. The minimum Gasteiger partial charge on any atom is -0.493 e. The fourth-order valence-electron chi connectivity index (χ4n) is 3.61. The van der Waals surface area contributed by atoms with Crippen LogP contribution in [0.5, 0.6) is 5.88 Å². The Hall–Kier alpha value is -3.77. The van der Waals surface area contributed by atoms with Crippen LogP contribution >= 0.6 is 11.3 Å². The molecule has 0 saturated carbocycles. The van der Waals surface area contributed by atoms with Gasteiger partial charge in [-0.15, -0.1) is 0 Å². The number of aromatic hydroxyl groups is 1. The Kier molecular flexibility index (Phi) is 5.77. The van der Waals surface area contributed by atoms with E-state index < -0.39 is 0 Å². The second-order valence-corrected chi connectivity index (χ2v) is 8.54. The molecule has 3 aromatic carbocycles. The van der Waals surface area contributed by atoms with Gasteiger partial charge in [0.25, 0.3) is 0 Å². The minimum absolute atomic E-state index is 0.242. The lowest BCUT2D eigenvalue weighted by molar-refractivity contribution is 0.410. The number of benzene rings is 3. The summed E-state index contributed by atoms with van der Waals surface area (Å²) in [5, 5.41) is 12.9. The second kappa shape index (κ2) is 9.16. The molecule has 0 saturated heterocycles. The number of aliphatic imine (C=N–C) groups is 1. The van der Waals surface area contributed by atoms with Gasteiger partial charge in [-0.25, -0.2) is 9.98 Å².